The van der Waals surface area contributed by atoms with Crippen molar-refractivity contribution in [1.29, 1.82) is 0 Å². The standard InChI is InChI=1S/C15H18N2O3/c1-9-12(13(14(18)19)17-16-9)10-5-7-11(8-6-10)20-15(2,3)4/h5-8H,1-4H3,(H,16,17)(H,18,19). The van der Waals surface area contributed by atoms with Gasteiger partial charge in [0.25, 0.3) is 0 Å². The monoisotopic (exact) mass is 274 g/mol. The van der Waals surface area contributed by atoms with Crippen molar-refractivity contribution >= 4 is 5.97 Å². The molecule has 20 heavy (non-hydrogen) atoms. The Labute approximate surface area is 117 Å². The first-order valence-corrected chi connectivity index (χ1v) is 6.35. The summed E-state index contributed by atoms with van der Waals surface area (Å²) in [5.74, 6) is -0.293. The van der Waals surface area contributed by atoms with Gasteiger partial charge >= 0.3 is 5.97 Å². The third-order valence-corrected chi connectivity index (χ3v) is 2.72. The number of hydrogen-bond acceptors (Lipinski definition) is 3. The lowest BCUT2D eigenvalue weighted by atomic mass is 10.0. The van der Waals surface area contributed by atoms with E-state index >= 15 is 0 Å². The number of aromatic nitrogens is 2. The predicted octanol–water partition coefficient (Wildman–Crippen LogP) is 3.26. The average molecular weight is 274 g/mol. The van der Waals surface area contributed by atoms with Gasteiger partial charge in [0.05, 0.1) is 0 Å². The van der Waals surface area contributed by atoms with Crippen LogP contribution in [0.25, 0.3) is 11.1 Å². The zero-order chi connectivity index (χ0) is 14.9. The van der Waals surface area contributed by atoms with Crippen molar-refractivity contribution < 1.29 is 14.6 Å². The van der Waals surface area contributed by atoms with E-state index in [9.17, 15) is 4.79 Å². The molecule has 106 valence electrons. The lowest BCUT2D eigenvalue weighted by molar-refractivity contribution is 0.0691. The molecule has 1 heterocycles. The van der Waals surface area contributed by atoms with Crippen LogP contribution in [-0.4, -0.2) is 26.9 Å². The highest BCUT2D eigenvalue weighted by atomic mass is 16.5. The number of nitrogens with one attached hydrogen (secondary N) is 1. The molecular weight excluding hydrogens is 256 g/mol. The van der Waals surface area contributed by atoms with Crippen molar-refractivity contribution in [2.45, 2.75) is 33.3 Å². The first-order chi connectivity index (χ1) is 9.28. The molecule has 0 aliphatic rings. The SMILES string of the molecule is Cc1[nH]nc(C(=O)O)c1-c1ccc(OC(C)(C)C)cc1. The third-order valence-electron chi connectivity index (χ3n) is 2.72. The Hall–Kier alpha value is -2.30. The van der Waals surface area contributed by atoms with Crippen molar-refractivity contribution in [3.8, 4) is 16.9 Å². The fourth-order valence-corrected chi connectivity index (χ4v) is 1.98. The molecule has 0 saturated heterocycles. The van der Waals surface area contributed by atoms with Crippen LogP contribution in [-0.2, 0) is 0 Å². The van der Waals surface area contributed by atoms with Crippen molar-refractivity contribution in [3.05, 3.63) is 35.7 Å². The molecule has 0 amide bonds. The molecule has 2 N–H and O–H groups in total. The highest BCUT2D eigenvalue weighted by molar-refractivity contribution is 5.94. The first kappa shape index (κ1) is 14.1. The van der Waals surface area contributed by atoms with Gasteiger partial charge in [-0.25, -0.2) is 4.79 Å². The molecule has 0 aliphatic carbocycles. The Kier molecular flexibility index (Phi) is 3.53. The van der Waals surface area contributed by atoms with E-state index in [1.807, 2.05) is 45.0 Å². The minimum Gasteiger partial charge on any atom is -0.488 e. The number of nitrogens with zero attached hydrogens (tertiary/aromatic N) is 1. The number of aromatic amines is 1. The normalized spacial score (nSPS) is 11.4. The van der Waals surface area contributed by atoms with E-state index in [0.717, 1.165) is 17.0 Å². The van der Waals surface area contributed by atoms with Gasteiger partial charge in [-0.05, 0) is 45.4 Å². The van der Waals surface area contributed by atoms with Gasteiger partial charge in [-0.2, -0.15) is 5.10 Å². The molecule has 0 saturated carbocycles. The van der Waals surface area contributed by atoms with Crippen LogP contribution in [0.2, 0.25) is 0 Å². The fourth-order valence-electron chi connectivity index (χ4n) is 1.98. The number of carbonyl (C=O) groups is 1. The highest BCUT2D eigenvalue weighted by Gasteiger charge is 2.18. The molecule has 2 aromatic rings. The van der Waals surface area contributed by atoms with Crippen LogP contribution in [0, 0.1) is 6.92 Å². The van der Waals surface area contributed by atoms with E-state index in [0.29, 0.717) is 5.56 Å². The lowest BCUT2D eigenvalue weighted by Gasteiger charge is -2.21. The van der Waals surface area contributed by atoms with Gasteiger partial charge in [0.2, 0.25) is 0 Å². The molecule has 0 bridgehead atoms. The quantitative estimate of drug-likeness (QED) is 0.900. The Bertz CT molecular complexity index is 622. The molecule has 0 atom stereocenters. The van der Waals surface area contributed by atoms with Gasteiger partial charge in [-0.15, -0.1) is 0 Å². The molecule has 5 nitrogen and oxygen atoms in total. The summed E-state index contributed by atoms with van der Waals surface area (Å²) in [7, 11) is 0. The molecule has 0 spiro atoms. The van der Waals surface area contributed by atoms with Crippen molar-refractivity contribution in [1.82, 2.24) is 10.2 Å². The maximum atomic E-state index is 11.2. The van der Waals surface area contributed by atoms with Gasteiger partial charge in [0.1, 0.15) is 11.4 Å². The number of carboxylic acids is 1. The summed E-state index contributed by atoms with van der Waals surface area (Å²) in [6.45, 7) is 7.73. The largest absolute Gasteiger partial charge is 0.488 e. The van der Waals surface area contributed by atoms with E-state index in [4.69, 9.17) is 9.84 Å². The van der Waals surface area contributed by atoms with Crippen LogP contribution < -0.4 is 4.74 Å². The van der Waals surface area contributed by atoms with Crippen LogP contribution in [0.5, 0.6) is 5.75 Å². The second kappa shape index (κ2) is 5.00. The summed E-state index contributed by atoms with van der Waals surface area (Å²) in [5, 5.41) is 15.7. The zero-order valence-corrected chi connectivity index (χ0v) is 12.0. The minimum atomic E-state index is -1.04. The smallest absolute Gasteiger partial charge is 0.357 e. The molecular formula is C15H18N2O3. The van der Waals surface area contributed by atoms with Crippen LogP contribution in [0.3, 0.4) is 0 Å². The van der Waals surface area contributed by atoms with E-state index < -0.39 is 5.97 Å². The number of hydrogen-bond donors (Lipinski definition) is 2. The maximum Gasteiger partial charge on any atom is 0.357 e. The van der Waals surface area contributed by atoms with Crippen molar-refractivity contribution in [3.63, 3.8) is 0 Å². The van der Waals surface area contributed by atoms with Gasteiger partial charge in [0.15, 0.2) is 5.69 Å². The highest BCUT2D eigenvalue weighted by Crippen LogP contribution is 2.28. The van der Waals surface area contributed by atoms with Crippen molar-refractivity contribution in [2.24, 2.45) is 0 Å². The van der Waals surface area contributed by atoms with Crippen LogP contribution in [0.15, 0.2) is 24.3 Å². The Morgan fingerprint density at radius 3 is 2.35 bits per heavy atom. The average Bonchev–Trinajstić information content (AvgIpc) is 2.70. The van der Waals surface area contributed by atoms with Gasteiger partial charge in [0, 0.05) is 11.3 Å². The van der Waals surface area contributed by atoms with Crippen molar-refractivity contribution in [2.75, 3.05) is 0 Å². The molecule has 0 radical (unpaired) electrons. The summed E-state index contributed by atoms with van der Waals surface area (Å²) >= 11 is 0. The second-order valence-electron chi connectivity index (χ2n) is 5.62. The molecule has 1 aromatic carbocycles. The summed E-state index contributed by atoms with van der Waals surface area (Å²) in [5.41, 5.74) is 1.91. The van der Waals surface area contributed by atoms with E-state index in [2.05, 4.69) is 10.2 Å². The second-order valence-corrected chi connectivity index (χ2v) is 5.62. The molecule has 0 aliphatic heterocycles. The summed E-state index contributed by atoms with van der Waals surface area (Å²) in [6.07, 6.45) is 0. The topological polar surface area (TPSA) is 75.2 Å². The maximum absolute atomic E-state index is 11.2. The van der Waals surface area contributed by atoms with Gasteiger partial charge in [-0.1, -0.05) is 12.1 Å². The molecule has 0 unspecified atom stereocenters. The summed E-state index contributed by atoms with van der Waals surface area (Å²) in [6, 6.07) is 7.34. The minimum absolute atomic E-state index is 0.0342. The Morgan fingerprint density at radius 1 is 1.25 bits per heavy atom. The van der Waals surface area contributed by atoms with Gasteiger partial charge in [-0.3, -0.25) is 5.10 Å². The fraction of sp³-hybridized carbons (Fsp3) is 0.333. The summed E-state index contributed by atoms with van der Waals surface area (Å²) < 4.78 is 5.74. The number of benzene rings is 1. The molecule has 0 fully saturated rings. The Balaban J connectivity index is 2.36. The number of H-pyrrole nitrogens is 1. The predicted molar refractivity (Wildman–Crippen MR) is 76.1 cm³/mol. The van der Waals surface area contributed by atoms with Crippen LogP contribution in [0.4, 0.5) is 0 Å². The van der Waals surface area contributed by atoms with E-state index in [1.165, 1.54) is 0 Å². The van der Waals surface area contributed by atoms with Crippen LogP contribution in [0.1, 0.15) is 37.0 Å². The van der Waals surface area contributed by atoms with Gasteiger partial charge < -0.3 is 9.84 Å². The molecule has 5 heteroatoms. The number of ether oxygens (including phenoxy) is 1. The van der Waals surface area contributed by atoms with E-state index in [-0.39, 0.29) is 11.3 Å². The number of aromatic carboxylic acids is 1. The number of carboxylic acid groups (broad SMARTS) is 1. The Morgan fingerprint density at radius 2 is 1.85 bits per heavy atom. The zero-order valence-electron chi connectivity index (χ0n) is 12.0. The van der Waals surface area contributed by atoms with Crippen LogP contribution >= 0.6 is 0 Å². The lowest BCUT2D eigenvalue weighted by Crippen LogP contribution is -2.22. The number of rotatable bonds is 3. The summed E-state index contributed by atoms with van der Waals surface area (Å²) in [4.78, 5) is 11.2. The third kappa shape index (κ3) is 2.99. The number of aryl methyl sites for hydroxylation is 1. The first-order valence-electron chi connectivity index (χ1n) is 6.35. The molecule has 1 aromatic heterocycles. The van der Waals surface area contributed by atoms with E-state index in [1.54, 1.807) is 6.92 Å². The molecule has 2 rings (SSSR count).